The summed E-state index contributed by atoms with van der Waals surface area (Å²) in [5, 5.41) is 12.8. The minimum absolute atomic E-state index is 0.473. The second-order valence-corrected chi connectivity index (χ2v) is 6.46. The number of aromatic nitrogens is 6. The van der Waals surface area contributed by atoms with Crippen LogP contribution in [0.2, 0.25) is 0 Å². The van der Waals surface area contributed by atoms with Gasteiger partial charge in [0.2, 0.25) is 5.82 Å². The summed E-state index contributed by atoms with van der Waals surface area (Å²) in [5.74, 6) is 0.473. The monoisotopic (exact) mass is 376 g/mol. The van der Waals surface area contributed by atoms with Crippen molar-refractivity contribution in [2.75, 3.05) is 0 Å². The number of rotatable bonds is 4. The molecule has 0 radical (unpaired) electrons. The van der Waals surface area contributed by atoms with E-state index in [1.807, 2.05) is 60.8 Å². The second-order valence-electron chi connectivity index (χ2n) is 6.46. The van der Waals surface area contributed by atoms with Crippen LogP contribution in [0.15, 0.2) is 97.5 Å². The average Bonchev–Trinajstić information content (AvgIpc) is 3.31. The van der Waals surface area contributed by atoms with E-state index in [0.717, 1.165) is 27.9 Å². The number of tetrazole rings is 1. The van der Waals surface area contributed by atoms with Crippen LogP contribution in [0, 0.1) is 0 Å². The lowest BCUT2D eigenvalue weighted by atomic mass is 9.95. The zero-order valence-electron chi connectivity index (χ0n) is 15.4. The summed E-state index contributed by atoms with van der Waals surface area (Å²) in [4.78, 5) is 10.2. The molecule has 0 atom stereocenters. The molecule has 0 saturated heterocycles. The van der Waals surface area contributed by atoms with Crippen molar-refractivity contribution in [2.24, 2.45) is 0 Å². The van der Waals surface area contributed by atoms with Crippen molar-refractivity contribution < 1.29 is 0 Å². The van der Waals surface area contributed by atoms with Gasteiger partial charge in [-0.3, -0.25) is 9.97 Å². The summed E-state index contributed by atoms with van der Waals surface area (Å²) in [6.45, 7) is 0. The quantitative estimate of drug-likeness (QED) is 0.463. The van der Waals surface area contributed by atoms with Gasteiger partial charge in [-0.1, -0.05) is 60.7 Å². The first-order valence-electron chi connectivity index (χ1n) is 9.20. The van der Waals surface area contributed by atoms with E-state index in [4.69, 9.17) is 0 Å². The first-order chi connectivity index (χ1) is 14.4. The maximum absolute atomic E-state index is 4.46. The zero-order valence-corrected chi connectivity index (χ0v) is 15.4. The third-order valence-electron chi connectivity index (χ3n) is 4.59. The van der Waals surface area contributed by atoms with Crippen LogP contribution in [0.1, 0.15) is 0 Å². The maximum atomic E-state index is 4.46. The van der Waals surface area contributed by atoms with E-state index >= 15 is 0 Å². The average molecular weight is 376 g/mol. The predicted octanol–water partition coefficient (Wildman–Crippen LogP) is 4.45. The van der Waals surface area contributed by atoms with Crippen LogP contribution in [-0.4, -0.2) is 30.2 Å². The molecule has 138 valence electrons. The molecule has 0 aliphatic rings. The van der Waals surface area contributed by atoms with Gasteiger partial charge >= 0.3 is 0 Å². The molecule has 0 fully saturated rings. The summed E-state index contributed by atoms with van der Waals surface area (Å²) in [6.07, 6.45) is 5.28. The second kappa shape index (κ2) is 7.44. The molecule has 3 aromatic heterocycles. The highest BCUT2D eigenvalue weighted by Gasteiger charge is 2.11. The van der Waals surface area contributed by atoms with Gasteiger partial charge in [-0.2, -0.15) is 0 Å². The molecule has 0 bridgehead atoms. The number of benzene rings is 2. The maximum Gasteiger partial charge on any atom is 0.223 e. The third kappa shape index (κ3) is 3.39. The van der Waals surface area contributed by atoms with E-state index in [1.165, 1.54) is 4.80 Å². The Morgan fingerprint density at radius 2 is 1.45 bits per heavy atom. The molecule has 29 heavy (non-hydrogen) atoms. The fraction of sp³-hybridized carbons (Fsp3) is 0. The number of nitrogens with zero attached hydrogens (tertiary/aromatic N) is 6. The van der Waals surface area contributed by atoms with Gasteiger partial charge < -0.3 is 0 Å². The summed E-state index contributed by atoms with van der Waals surface area (Å²) < 4.78 is 0. The van der Waals surface area contributed by atoms with Crippen molar-refractivity contribution in [1.82, 2.24) is 30.2 Å². The smallest absolute Gasteiger partial charge is 0.223 e. The molecule has 0 aliphatic heterocycles. The molecule has 0 unspecified atom stereocenters. The van der Waals surface area contributed by atoms with E-state index in [-0.39, 0.29) is 0 Å². The van der Waals surface area contributed by atoms with Crippen LogP contribution in [0.5, 0.6) is 0 Å². The molecule has 5 aromatic rings. The molecule has 0 spiro atoms. The van der Waals surface area contributed by atoms with Crippen molar-refractivity contribution in [1.29, 1.82) is 0 Å². The summed E-state index contributed by atoms with van der Waals surface area (Å²) in [6, 6.07) is 26.2. The van der Waals surface area contributed by atoms with Crippen molar-refractivity contribution in [3.63, 3.8) is 0 Å². The lowest BCUT2D eigenvalue weighted by Gasteiger charge is -2.10. The Balaban J connectivity index is 1.55. The Morgan fingerprint density at radius 1 is 0.690 bits per heavy atom. The molecule has 0 N–H and O–H groups in total. The lowest BCUT2D eigenvalue weighted by Crippen LogP contribution is -2.00. The molecule has 6 nitrogen and oxygen atoms in total. The fourth-order valence-corrected chi connectivity index (χ4v) is 3.21. The Hall–Kier alpha value is -4.19. The van der Waals surface area contributed by atoms with Gasteiger partial charge in [-0.15, -0.1) is 15.0 Å². The molecular weight excluding hydrogens is 360 g/mol. The minimum atomic E-state index is 0.473. The highest BCUT2D eigenvalue weighted by atomic mass is 15.6. The van der Waals surface area contributed by atoms with Gasteiger partial charge in [0, 0.05) is 18.0 Å². The normalized spacial score (nSPS) is 10.8. The van der Waals surface area contributed by atoms with Crippen LogP contribution in [-0.2, 0) is 0 Å². The standard InChI is InChI=1S/C23H16N6/c1-2-8-17(9-3-1)20-10-4-5-11-21(20)18-14-19(16-24-15-18)29-27-23(26-28-29)22-12-6-7-13-25-22/h1-16H. The topological polar surface area (TPSA) is 69.4 Å². The van der Waals surface area contributed by atoms with Gasteiger partial charge in [0.05, 0.1) is 6.20 Å². The molecular formula is C23H16N6. The van der Waals surface area contributed by atoms with Crippen LogP contribution >= 0.6 is 0 Å². The van der Waals surface area contributed by atoms with Gasteiger partial charge in [0.15, 0.2) is 0 Å². The SMILES string of the molecule is c1ccc(-c2ccccc2-c2cncc(-n3nnc(-c4ccccn4)n3)c2)cc1. The van der Waals surface area contributed by atoms with Gasteiger partial charge in [0.25, 0.3) is 0 Å². The van der Waals surface area contributed by atoms with Crippen molar-refractivity contribution in [3.8, 4) is 39.5 Å². The number of pyridine rings is 2. The molecule has 2 aromatic carbocycles. The molecule has 0 aliphatic carbocycles. The number of hydrogen-bond acceptors (Lipinski definition) is 5. The fourth-order valence-electron chi connectivity index (χ4n) is 3.21. The molecule has 0 saturated carbocycles. The zero-order chi connectivity index (χ0) is 19.5. The van der Waals surface area contributed by atoms with E-state index in [1.54, 1.807) is 12.4 Å². The Bertz CT molecular complexity index is 1250. The summed E-state index contributed by atoms with van der Waals surface area (Å²) in [5.41, 5.74) is 5.80. The van der Waals surface area contributed by atoms with Crippen LogP contribution in [0.25, 0.3) is 39.5 Å². The van der Waals surface area contributed by atoms with Gasteiger partial charge in [-0.25, -0.2) is 0 Å². The largest absolute Gasteiger partial charge is 0.262 e. The first-order valence-corrected chi connectivity index (χ1v) is 9.20. The summed E-state index contributed by atoms with van der Waals surface area (Å²) >= 11 is 0. The van der Waals surface area contributed by atoms with E-state index in [0.29, 0.717) is 11.5 Å². The predicted molar refractivity (Wildman–Crippen MR) is 111 cm³/mol. The number of hydrogen-bond donors (Lipinski definition) is 0. The Kier molecular flexibility index (Phi) is 4.35. The van der Waals surface area contributed by atoms with Crippen molar-refractivity contribution >= 4 is 0 Å². The van der Waals surface area contributed by atoms with Crippen LogP contribution in [0.3, 0.4) is 0 Å². The molecule has 5 rings (SSSR count). The van der Waals surface area contributed by atoms with Crippen molar-refractivity contribution in [2.45, 2.75) is 0 Å². The molecule has 6 heteroatoms. The van der Waals surface area contributed by atoms with E-state index < -0.39 is 0 Å². The van der Waals surface area contributed by atoms with Crippen LogP contribution < -0.4 is 0 Å². The van der Waals surface area contributed by atoms with E-state index in [2.05, 4.69) is 49.6 Å². The van der Waals surface area contributed by atoms with Gasteiger partial charge in [0.1, 0.15) is 11.4 Å². The van der Waals surface area contributed by atoms with Crippen molar-refractivity contribution in [3.05, 3.63) is 97.5 Å². The molecule has 0 amide bonds. The Morgan fingerprint density at radius 3 is 2.24 bits per heavy atom. The highest BCUT2D eigenvalue weighted by Crippen LogP contribution is 2.32. The highest BCUT2D eigenvalue weighted by molar-refractivity contribution is 5.83. The summed E-state index contributed by atoms with van der Waals surface area (Å²) in [7, 11) is 0. The Labute approximate surface area is 167 Å². The third-order valence-corrected chi connectivity index (χ3v) is 4.59. The minimum Gasteiger partial charge on any atom is -0.262 e. The molecule has 3 heterocycles. The lowest BCUT2D eigenvalue weighted by molar-refractivity contribution is 0.717. The van der Waals surface area contributed by atoms with Crippen LogP contribution in [0.4, 0.5) is 0 Å². The van der Waals surface area contributed by atoms with E-state index in [9.17, 15) is 0 Å². The van der Waals surface area contributed by atoms with Gasteiger partial charge in [-0.05, 0) is 40.1 Å². The first kappa shape index (κ1) is 16.9.